The first-order valence-corrected chi connectivity index (χ1v) is 6.68. The van der Waals surface area contributed by atoms with Gasteiger partial charge in [0.1, 0.15) is 0 Å². The van der Waals surface area contributed by atoms with Gasteiger partial charge in [0.15, 0.2) is 0 Å². The normalized spacial score (nSPS) is 10.1. The van der Waals surface area contributed by atoms with E-state index >= 15 is 0 Å². The van der Waals surface area contributed by atoms with Gasteiger partial charge in [-0.05, 0) is 43.0 Å². The van der Waals surface area contributed by atoms with Crippen molar-refractivity contribution in [2.75, 3.05) is 24.3 Å². The Hall–Kier alpha value is -1.16. The number of nitrogens with two attached hydrogens (primary N) is 1. The standard InChI is InChI=1S/C12H18N2OS/c1-9-4-5-10(13)8-11(9)12(15)14-6-3-7-16-2/h4-5,8H,3,6-7,13H2,1-2H3,(H,14,15). The van der Waals surface area contributed by atoms with Gasteiger partial charge in [0, 0.05) is 17.8 Å². The van der Waals surface area contributed by atoms with Crippen LogP contribution in [0.3, 0.4) is 0 Å². The minimum absolute atomic E-state index is 0.0362. The summed E-state index contributed by atoms with van der Waals surface area (Å²) in [6.45, 7) is 2.63. The zero-order chi connectivity index (χ0) is 12.0. The largest absolute Gasteiger partial charge is 0.399 e. The first-order valence-electron chi connectivity index (χ1n) is 5.28. The Bertz CT molecular complexity index is 366. The molecule has 0 atom stereocenters. The van der Waals surface area contributed by atoms with Crippen molar-refractivity contribution in [3.05, 3.63) is 29.3 Å². The van der Waals surface area contributed by atoms with Gasteiger partial charge in [-0.15, -0.1) is 0 Å². The average Bonchev–Trinajstić information content (AvgIpc) is 2.27. The second-order valence-corrected chi connectivity index (χ2v) is 4.66. The lowest BCUT2D eigenvalue weighted by Gasteiger charge is -2.08. The molecule has 0 aromatic heterocycles. The number of rotatable bonds is 5. The van der Waals surface area contributed by atoms with Crippen molar-refractivity contribution >= 4 is 23.4 Å². The predicted octanol–water partition coefficient (Wildman–Crippen LogP) is 2.06. The Kier molecular flexibility index (Phi) is 5.19. The summed E-state index contributed by atoms with van der Waals surface area (Å²) in [6, 6.07) is 5.39. The molecule has 0 heterocycles. The van der Waals surface area contributed by atoms with Gasteiger partial charge in [0.25, 0.3) is 5.91 Å². The van der Waals surface area contributed by atoms with Crippen molar-refractivity contribution in [2.24, 2.45) is 0 Å². The number of carbonyl (C=O) groups excluding carboxylic acids is 1. The molecule has 0 aliphatic carbocycles. The highest BCUT2D eigenvalue weighted by Crippen LogP contribution is 2.12. The van der Waals surface area contributed by atoms with E-state index in [1.807, 2.05) is 13.0 Å². The van der Waals surface area contributed by atoms with E-state index in [1.165, 1.54) is 0 Å². The second kappa shape index (κ2) is 6.43. The predicted molar refractivity (Wildman–Crippen MR) is 70.9 cm³/mol. The molecule has 0 aliphatic heterocycles. The van der Waals surface area contributed by atoms with Crippen molar-refractivity contribution in [2.45, 2.75) is 13.3 Å². The average molecular weight is 238 g/mol. The maximum atomic E-state index is 11.8. The molecule has 0 spiro atoms. The van der Waals surface area contributed by atoms with Crippen LogP contribution in [0, 0.1) is 6.92 Å². The quantitative estimate of drug-likeness (QED) is 0.610. The molecule has 1 amide bonds. The first-order chi connectivity index (χ1) is 7.65. The zero-order valence-corrected chi connectivity index (χ0v) is 10.6. The van der Waals surface area contributed by atoms with E-state index in [4.69, 9.17) is 5.73 Å². The van der Waals surface area contributed by atoms with Crippen molar-refractivity contribution in [1.29, 1.82) is 0 Å². The van der Waals surface area contributed by atoms with Gasteiger partial charge in [-0.2, -0.15) is 11.8 Å². The lowest BCUT2D eigenvalue weighted by Crippen LogP contribution is -2.25. The van der Waals surface area contributed by atoms with Gasteiger partial charge >= 0.3 is 0 Å². The highest BCUT2D eigenvalue weighted by molar-refractivity contribution is 7.98. The zero-order valence-electron chi connectivity index (χ0n) is 9.75. The topological polar surface area (TPSA) is 55.1 Å². The Labute approximate surface area is 101 Å². The van der Waals surface area contributed by atoms with E-state index in [0.29, 0.717) is 17.8 Å². The second-order valence-electron chi connectivity index (χ2n) is 3.68. The summed E-state index contributed by atoms with van der Waals surface area (Å²) in [5, 5.41) is 2.89. The number of hydrogen-bond acceptors (Lipinski definition) is 3. The molecule has 0 bridgehead atoms. The molecule has 0 saturated carbocycles. The highest BCUT2D eigenvalue weighted by atomic mass is 32.2. The van der Waals surface area contributed by atoms with Crippen molar-refractivity contribution in [3.63, 3.8) is 0 Å². The third kappa shape index (κ3) is 3.77. The molecule has 1 aromatic carbocycles. The fourth-order valence-corrected chi connectivity index (χ4v) is 1.83. The van der Waals surface area contributed by atoms with Gasteiger partial charge in [-0.1, -0.05) is 6.07 Å². The number of thioether (sulfide) groups is 1. The summed E-state index contributed by atoms with van der Waals surface area (Å²) in [6.07, 6.45) is 3.05. The van der Waals surface area contributed by atoms with Crippen LogP contribution < -0.4 is 11.1 Å². The van der Waals surface area contributed by atoms with Crippen LogP contribution in [0.1, 0.15) is 22.3 Å². The molecule has 1 aromatic rings. The van der Waals surface area contributed by atoms with E-state index in [1.54, 1.807) is 23.9 Å². The summed E-state index contributed by atoms with van der Waals surface area (Å²) in [5.74, 6) is 1.03. The molecule has 3 N–H and O–H groups in total. The van der Waals surface area contributed by atoms with Gasteiger partial charge < -0.3 is 11.1 Å². The molecule has 16 heavy (non-hydrogen) atoms. The monoisotopic (exact) mass is 238 g/mol. The maximum Gasteiger partial charge on any atom is 0.251 e. The van der Waals surface area contributed by atoms with Crippen LogP contribution in [0.25, 0.3) is 0 Å². The van der Waals surface area contributed by atoms with Crippen LogP contribution in [-0.4, -0.2) is 24.5 Å². The molecular weight excluding hydrogens is 220 g/mol. The summed E-state index contributed by atoms with van der Waals surface area (Å²) in [7, 11) is 0. The molecule has 0 aliphatic rings. The lowest BCUT2D eigenvalue weighted by molar-refractivity contribution is 0.0953. The van der Waals surface area contributed by atoms with Crippen LogP contribution in [0.2, 0.25) is 0 Å². The fraction of sp³-hybridized carbons (Fsp3) is 0.417. The van der Waals surface area contributed by atoms with Gasteiger partial charge in [-0.3, -0.25) is 4.79 Å². The highest BCUT2D eigenvalue weighted by Gasteiger charge is 2.08. The number of carbonyl (C=O) groups is 1. The smallest absolute Gasteiger partial charge is 0.251 e. The summed E-state index contributed by atoms with van der Waals surface area (Å²) < 4.78 is 0. The molecule has 4 heteroatoms. The number of amides is 1. The van der Waals surface area contributed by atoms with E-state index in [2.05, 4.69) is 11.6 Å². The van der Waals surface area contributed by atoms with Crippen LogP contribution in [-0.2, 0) is 0 Å². The molecule has 0 radical (unpaired) electrons. The number of nitrogens with one attached hydrogen (secondary N) is 1. The number of aryl methyl sites for hydroxylation is 1. The van der Waals surface area contributed by atoms with Crippen LogP contribution in [0.15, 0.2) is 18.2 Å². The first kappa shape index (κ1) is 12.9. The van der Waals surface area contributed by atoms with Crippen molar-refractivity contribution in [1.82, 2.24) is 5.32 Å². The van der Waals surface area contributed by atoms with Crippen molar-refractivity contribution < 1.29 is 4.79 Å². The Morgan fingerprint density at radius 3 is 2.94 bits per heavy atom. The van der Waals surface area contributed by atoms with Crippen LogP contribution in [0.4, 0.5) is 5.69 Å². The molecule has 88 valence electrons. The third-order valence-electron chi connectivity index (χ3n) is 2.32. The Morgan fingerprint density at radius 2 is 2.25 bits per heavy atom. The Morgan fingerprint density at radius 1 is 1.50 bits per heavy atom. The fourth-order valence-electron chi connectivity index (χ4n) is 1.40. The van der Waals surface area contributed by atoms with Crippen molar-refractivity contribution in [3.8, 4) is 0 Å². The van der Waals surface area contributed by atoms with E-state index in [-0.39, 0.29) is 5.91 Å². The van der Waals surface area contributed by atoms with Crippen LogP contribution >= 0.6 is 11.8 Å². The number of anilines is 1. The molecule has 0 fully saturated rings. The minimum atomic E-state index is -0.0362. The molecule has 3 nitrogen and oxygen atoms in total. The summed E-state index contributed by atoms with van der Waals surface area (Å²) in [4.78, 5) is 11.8. The molecule has 0 saturated heterocycles. The van der Waals surface area contributed by atoms with Gasteiger partial charge in [0.2, 0.25) is 0 Å². The van der Waals surface area contributed by atoms with E-state index in [9.17, 15) is 4.79 Å². The molecule has 1 rings (SSSR count). The lowest BCUT2D eigenvalue weighted by atomic mass is 10.1. The van der Waals surface area contributed by atoms with Crippen LogP contribution in [0.5, 0.6) is 0 Å². The number of hydrogen-bond donors (Lipinski definition) is 2. The Balaban J connectivity index is 2.55. The SMILES string of the molecule is CSCCCNC(=O)c1cc(N)ccc1C. The van der Waals surface area contributed by atoms with Gasteiger partial charge in [0.05, 0.1) is 0 Å². The molecular formula is C12H18N2OS. The third-order valence-corrected chi connectivity index (χ3v) is 3.01. The number of nitrogen functional groups attached to an aromatic ring is 1. The minimum Gasteiger partial charge on any atom is -0.399 e. The van der Waals surface area contributed by atoms with E-state index in [0.717, 1.165) is 17.7 Å². The maximum absolute atomic E-state index is 11.8. The summed E-state index contributed by atoms with van der Waals surface area (Å²) in [5.41, 5.74) is 7.91. The van der Waals surface area contributed by atoms with Gasteiger partial charge in [-0.25, -0.2) is 0 Å². The number of benzene rings is 1. The summed E-state index contributed by atoms with van der Waals surface area (Å²) >= 11 is 1.78. The van der Waals surface area contributed by atoms with E-state index < -0.39 is 0 Å². The molecule has 0 unspecified atom stereocenters.